The summed E-state index contributed by atoms with van der Waals surface area (Å²) in [7, 11) is 0. The van der Waals surface area contributed by atoms with Crippen molar-refractivity contribution >= 4 is 92.1 Å². The molecule has 0 aliphatic carbocycles. The molecule has 12 aromatic rings. The Morgan fingerprint density at radius 3 is 2.00 bits per heavy atom. The van der Waals surface area contributed by atoms with Crippen LogP contribution in [0.2, 0.25) is 0 Å². The number of rotatable bonds is 4. The van der Waals surface area contributed by atoms with Gasteiger partial charge in [-0.2, -0.15) is 0 Å². The van der Waals surface area contributed by atoms with E-state index in [0.29, 0.717) is 5.82 Å². The molecule has 1 aliphatic rings. The van der Waals surface area contributed by atoms with Crippen LogP contribution >= 0.6 is 11.3 Å². The molecule has 9 aromatic carbocycles. The summed E-state index contributed by atoms with van der Waals surface area (Å²) < 4.78 is 4.65. The summed E-state index contributed by atoms with van der Waals surface area (Å²) in [5, 5.41) is 8.44. The van der Waals surface area contributed by atoms with E-state index in [0.717, 1.165) is 55.2 Å². The number of anilines is 3. The maximum absolute atomic E-state index is 5.61. The van der Waals surface area contributed by atoms with E-state index in [4.69, 9.17) is 9.97 Å². The fourth-order valence-electron chi connectivity index (χ4n) is 9.49. The molecule has 0 N–H and O–H groups in total. The number of nitrogens with zero attached hydrogens (tertiary/aromatic N) is 4. The van der Waals surface area contributed by atoms with Gasteiger partial charge in [-0.05, 0) is 88.5 Å². The summed E-state index contributed by atoms with van der Waals surface area (Å²) in [5.41, 5.74) is 13.3. The summed E-state index contributed by atoms with van der Waals surface area (Å²) in [6, 6.07) is 70.1. The zero-order valence-corrected chi connectivity index (χ0v) is 32.5. The topological polar surface area (TPSA) is 34.0 Å². The molecule has 1 aliphatic heterocycles. The van der Waals surface area contributed by atoms with Gasteiger partial charge in [-0.25, -0.2) is 9.97 Å². The number of para-hydroxylation sites is 3. The van der Waals surface area contributed by atoms with Gasteiger partial charge in [-0.1, -0.05) is 127 Å². The van der Waals surface area contributed by atoms with Crippen LogP contribution in [0.4, 0.5) is 17.1 Å². The van der Waals surface area contributed by atoms with Gasteiger partial charge in [0, 0.05) is 48.6 Å². The lowest BCUT2D eigenvalue weighted by Gasteiger charge is -2.35. The molecule has 3 aromatic heterocycles. The molecule has 4 heterocycles. The van der Waals surface area contributed by atoms with E-state index in [1.807, 2.05) is 0 Å². The van der Waals surface area contributed by atoms with Crippen molar-refractivity contribution in [1.82, 2.24) is 14.5 Å². The molecular weight excluding hydrogens is 737 g/mol. The zero-order valence-electron chi connectivity index (χ0n) is 31.7. The predicted molar refractivity (Wildman–Crippen MR) is 249 cm³/mol. The van der Waals surface area contributed by atoms with Gasteiger partial charge in [-0.3, -0.25) is 0 Å². The van der Waals surface area contributed by atoms with E-state index in [2.05, 4.69) is 204 Å². The van der Waals surface area contributed by atoms with Crippen molar-refractivity contribution in [2.45, 2.75) is 0 Å². The van der Waals surface area contributed by atoms with Crippen molar-refractivity contribution in [2.75, 3.05) is 4.90 Å². The van der Waals surface area contributed by atoms with Crippen LogP contribution in [0.5, 0.6) is 0 Å². The third-order valence-corrected chi connectivity index (χ3v) is 13.3. The van der Waals surface area contributed by atoms with E-state index >= 15 is 0 Å². The second-order valence-corrected chi connectivity index (χ2v) is 16.4. The van der Waals surface area contributed by atoms with Gasteiger partial charge in [0.2, 0.25) is 0 Å². The fraction of sp³-hybridized carbons (Fsp3) is 0. The molecule has 0 unspecified atom stereocenters. The van der Waals surface area contributed by atoms with Gasteiger partial charge in [0.1, 0.15) is 0 Å². The number of aromatic nitrogens is 3. The largest absolute Gasteiger partial charge is 0.309 e. The van der Waals surface area contributed by atoms with Crippen molar-refractivity contribution < 1.29 is 0 Å². The van der Waals surface area contributed by atoms with Crippen molar-refractivity contribution in [3.05, 3.63) is 194 Å². The van der Waals surface area contributed by atoms with Gasteiger partial charge in [-0.15, -0.1) is 11.3 Å². The summed E-state index contributed by atoms with van der Waals surface area (Å²) in [6.45, 7) is 0. The van der Waals surface area contributed by atoms with Gasteiger partial charge < -0.3 is 9.47 Å². The lowest BCUT2D eigenvalue weighted by atomic mass is 9.89. The predicted octanol–water partition coefficient (Wildman–Crippen LogP) is 15.0. The Morgan fingerprint density at radius 2 is 1.10 bits per heavy atom. The van der Waals surface area contributed by atoms with Gasteiger partial charge in [0.25, 0.3) is 0 Å². The molecule has 0 atom stereocenters. The normalized spacial score (nSPS) is 12.4. The maximum atomic E-state index is 5.61. The van der Waals surface area contributed by atoms with Crippen LogP contribution in [-0.4, -0.2) is 14.5 Å². The van der Waals surface area contributed by atoms with Crippen LogP contribution in [-0.2, 0) is 0 Å². The van der Waals surface area contributed by atoms with E-state index in [1.54, 1.807) is 11.3 Å². The first-order valence-electron chi connectivity index (χ1n) is 20.0. The average molecular weight is 769 g/mol. The second-order valence-electron chi connectivity index (χ2n) is 15.3. The highest BCUT2D eigenvalue weighted by Gasteiger charge is 2.29. The molecule has 0 saturated heterocycles. The first kappa shape index (κ1) is 32.5. The van der Waals surface area contributed by atoms with E-state index < -0.39 is 0 Å². The number of hydrogen-bond donors (Lipinski definition) is 0. The quantitative estimate of drug-likeness (QED) is 0.179. The SMILES string of the molecule is c1ccc(-n2c3ccccc3c3cc(-c4nc(-c5ccccc5N5c6cc7ccccc7cc6-c6cccc7cccc5c67)nc5c4sc4ccccc45)ccc32)cc1. The molecule has 0 spiro atoms. The first-order valence-corrected chi connectivity index (χ1v) is 20.8. The summed E-state index contributed by atoms with van der Waals surface area (Å²) in [4.78, 5) is 13.5. The molecule has 59 heavy (non-hydrogen) atoms. The van der Waals surface area contributed by atoms with E-state index in [9.17, 15) is 0 Å². The Balaban J connectivity index is 1.08. The van der Waals surface area contributed by atoms with Crippen molar-refractivity contribution in [3.63, 3.8) is 0 Å². The number of benzene rings is 9. The minimum absolute atomic E-state index is 0.701. The fourth-order valence-corrected chi connectivity index (χ4v) is 10.6. The Bertz CT molecular complexity index is 3690. The monoisotopic (exact) mass is 768 g/mol. The second kappa shape index (κ2) is 12.4. The molecule has 274 valence electrons. The third-order valence-electron chi connectivity index (χ3n) is 12.1. The van der Waals surface area contributed by atoms with Crippen LogP contribution in [0.15, 0.2) is 194 Å². The lowest BCUT2D eigenvalue weighted by molar-refractivity contribution is 1.18. The summed E-state index contributed by atoms with van der Waals surface area (Å²) >= 11 is 1.77. The molecule has 5 heteroatoms. The minimum atomic E-state index is 0.701. The molecule has 0 bridgehead atoms. The van der Waals surface area contributed by atoms with E-state index in [-0.39, 0.29) is 0 Å². The molecule has 4 nitrogen and oxygen atoms in total. The molecule has 0 fully saturated rings. The van der Waals surface area contributed by atoms with Gasteiger partial charge in [0.15, 0.2) is 5.82 Å². The van der Waals surface area contributed by atoms with Gasteiger partial charge >= 0.3 is 0 Å². The summed E-state index contributed by atoms with van der Waals surface area (Å²) in [6.07, 6.45) is 0. The highest BCUT2D eigenvalue weighted by molar-refractivity contribution is 7.26. The Hall–Kier alpha value is -7.60. The minimum Gasteiger partial charge on any atom is -0.309 e. The Kier molecular flexibility index (Phi) is 6.85. The molecule has 0 radical (unpaired) electrons. The number of fused-ring (bicyclic) bond motifs is 9. The van der Waals surface area contributed by atoms with Crippen LogP contribution in [0.25, 0.3) is 103 Å². The Labute approximate surface area is 343 Å². The van der Waals surface area contributed by atoms with Crippen LogP contribution in [0.1, 0.15) is 0 Å². The molecule has 0 saturated carbocycles. The molecule has 13 rings (SSSR count). The number of hydrogen-bond acceptors (Lipinski definition) is 4. The van der Waals surface area contributed by atoms with Crippen molar-refractivity contribution in [2.24, 2.45) is 0 Å². The smallest absolute Gasteiger partial charge is 0.162 e. The summed E-state index contributed by atoms with van der Waals surface area (Å²) in [5.74, 6) is 0.701. The lowest BCUT2D eigenvalue weighted by Crippen LogP contribution is -2.16. The number of thiophene rings is 1. The average Bonchev–Trinajstić information content (AvgIpc) is 3.84. The highest BCUT2D eigenvalue weighted by atomic mass is 32.1. The van der Waals surface area contributed by atoms with E-state index in [1.165, 1.54) is 59.2 Å². The molecule has 0 amide bonds. The van der Waals surface area contributed by atoms with Crippen LogP contribution < -0.4 is 4.90 Å². The highest BCUT2D eigenvalue weighted by Crippen LogP contribution is 2.53. The standard InChI is InChI=1S/C54H32N4S/c1-2-18-37(19-3-1)57-44-24-9-6-20-38(44)42-31-36(28-29-46(42)57)51-53-52(41-22-8-11-27-49(41)59-53)56-54(55-51)40-21-7-10-25-45(40)58-47-26-13-17-33-16-12-23-39(50(33)47)43-30-34-14-4-5-15-35(34)32-48(43)58/h1-32H. The van der Waals surface area contributed by atoms with Gasteiger partial charge in [0.05, 0.1) is 44.0 Å². The van der Waals surface area contributed by atoms with Crippen molar-refractivity contribution in [3.8, 4) is 39.5 Å². The Morgan fingerprint density at radius 1 is 0.424 bits per heavy atom. The van der Waals surface area contributed by atoms with Crippen LogP contribution in [0.3, 0.4) is 0 Å². The van der Waals surface area contributed by atoms with Crippen molar-refractivity contribution in [1.29, 1.82) is 0 Å². The maximum Gasteiger partial charge on any atom is 0.162 e. The third kappa shape index (κ3) is 4.77. The first-order chi connectivity index (χ1) is 29.3. The molecular formula is C54H32N4S. The zero-order chi connectivity index (χ0) is 38.6. The van der Waals surface area contributed by atoms with Crippen LogP contribution in [0, 0.1) is 0 Å².